The number of nitrogens with two attached hydrogens (primary N) is 1. The van der Waals surface area contributed by atoms with E-state index in [0.29, 0.717) is 5.92 Å². The van der Waals surface area contributed by atoms with Crippen LogP contribution in [0, 0.1) is 5.92 Å². The van der Waals surface area contributed by atoms with Crippen LogP contribution >= 0.6 is 11.3 Å². The molecule has 2 heteroatoms. The lowest BCUT2D eigenvalue weighted by Gasteiger charge is -2.14. The molecule has 0 saturated heterocycles. The van der Waals surface area contributed by atoms with E-state index in [1.165, 1.54) is 26.8 Å². The molecule has 0 radical (unpaired) electrons. The lowest BCUT2D eigenvalue weighted by Crippen LogP contribution is -2.11. The summed E-state index contributed by atoms with van der Waals surface area (Å²) in [5, 5.41) is 3.48. The van der Waals surface area contributed by atoms with Crippen molar-refractivity contribution in [3.05, 3.63) is 70.6 Å². The number of rotatable bonds is 4. The fourth-order valence-corrected chi connectivity index (χ4v) is 3.80. The molecule has 0 aliphatic rings. The number of hydrogen-bond donors (Lipinski definition) is 1. The predicted molar refractivity (Wildman–Crippen MR) is 92.8 cm³/mol. The van der Waals surface area contributed by atoms with Gasteiger partial charge in [0.05, 0.1) is 6.04 Å². The molecule has 2 aromatic carbocycles. The van der Waals surface area contributed by atoms with Crippen molar-refractivity contribution in [2.24, 2.45) is 11.7 Å². The van der Waals surface area contributed by atoms with Crippen molar-refractivity contribution >= 4 is 21.4 Å². The molecule has 108 valence electrons. The molecule has 2 N–H and O–H groups in total. The Labute approximate surface area is 130 Å². The first kappa shape index (κ1) is 14.3. The van der Waals surface area contributed by atoms with Crippen LogP contribution in [0.2, 0.25) is 0 Å². The summed E-state index contributed by atoms with van der Waals surface area (Å²) in [6.07, 6.45) is 1.10. The Kier molecular flexibility index (Phi) is 4.09. The zero-order chi connectivity index (χ0) is 14.8. The van der Waals surface area contributed by atoms with Gasteiger partial charge in [-0.1, -0.05) is 56.3 Å². The van der Waals surface area contributed by atoms with E-state index in [4.69, 9.17) is 5.73 Å². The highest BCUT2D eigenvalue weighted by Crippen LogP contribution is 2.32. The van der Waals surface area contributed by atoms with E-state index in [2.05, 4.69) is 67.8 Å². The molecule has 21 heavy (non-hydrogen) atoms. The molecule has 3 aromatic rings. The van der Waals surface area contributed by atoms with E-state index >= 15 is 0 Å². The summed E-state index contributed by atoms with van der Waals surface area (Å²) in [5.41, 5.74) is 10.3. The molecule has 3 rings (SSSR count). The molecular formula is C19H21NS. The summed E-state index contributed by atoms with van der Waals surface area (Å²) in [6, 6.07) is 17.2. The molecule has 0 bridgehead atoms. The quantitative estimate of drug-likeness (QED) is 0.708. The molecule has 0 aliphatic heterocycles. The van der Waals surface area contributed by atoms with Crippen molar-refractivity contribution in [3.8, 4) is 0 Å². The fourth-order valence-electron chi connectivity index (χ4n) is 2.80. The number of thiophene rings is 1. The highest BCUT2D eigenvalue weighted by atomic mass is 32.1. The monoisotopic (exact) mass is 295 g/mol. The van der Waals surface area contributed by atoms with Gasteiger partial charge in [0.1, 0.15) is 0 Å². The van der Waals surface area contributed by atoms with Gasteiger partial charge in [0.25, 0.3) is 0 Å². The van der Waals surface area contributed by atoms with Gasteiger partial charge in [-0.05, 0) is 45.9 Å². The minimum absolute atomic E-state index is 0.0479. The Balaban J connectivity index is 1.96. The first-order valence-electron chi connectivity index (χ1n) is 7.45. The van der Waals surface area contributed by atoms with Crippen molar-refractivity contribution in [3.63, 3.8) is 0 Å². The first-order chi connectivity index (χ1) is 10.1. The van der Waals surface area contributed by atoms with Crippen LogP contribution in [0.4, 0.5) is 0 Å². The van der Waals surface area contributed by atoms with Crippen molar-refractivity contribution in [1.29, 1.82) is 0 Å². The number of hydrogen-bond acceptors (Lipinski definition) is 2. The molecule has 1 nitrogen and oxygen atoms in total. The summed E-state index contributed by atoms with van der Waals surface area (Å²) in [4.78, 5) is 0. The Morgan fingerprint density at radius 2 is 1.86 bits per heavy atom. The van der Waals surface area contributed by atoms with Crippen LogP contribution in [0.3, 0.4) is 0 Å². The van der Waals surface area contributed by atoms with Gasteiger partial charge >= 0.3 is 0 Å². The van der Waals surface area contributed by atoms with Gasteiger partial charge in [0.15, 0.2) is 0 Å². The van der Waals surface area contributed by atoms with Crippen LogP contribution in [0.15, 0.2) is 53.9 Å². The standard InChI is InChI=1S/C19H21NS/c1-13(2)10-14-6-5-7-15(11-14)19(20)17-12-21-18-9-4-3-8-16(17)18/h3-9,11-13,19H,10,20H2,1-2H3. The molecule has 0 fully saturated rings. The van der Waals surface area contributed by atoms with Gasteiger partial charge in [-0.15, -0.1) is 11.3 Å². The Morgan fingerprint density at radius 3 is 2.67 bits per heavy atom. The zero-order valence-electron chi connectivity index (χ0n) is 12.5. The molecule has 1 atom stereocenters. The second kappa shape index (κ2) is 6.00. The number of benzene rings is 2. The summed E-state index contributed by atoms with van der Waals surface area (Å²) < 4.78 is 1.31. The molecule has 0 amide bonds. The molecule has 0 spiro atoms. The van der Waals surface area contributed by atoms with Gasteiger partial charge < -0.3 is 5.73 Å². The number of fused-ring (bicyclic) bond motifs is 1. The maximum atomic E-state index is 6.53. The molecule has 1 heterocycles. The third-order valence-electron chi connectivity index (χ3n) is 3.80. The molecule has 0 saturated carbocycles. The maximum Gasteiger partial charge on any atom is 0.0566 e. The van der Waals surface area contributed by atoms with Crippen LogP contribution in [-0.4, -0.2) is 0 Å². The van der Waals surface area contributed by atoms with E-state index in [9.17, 15) is 0 Å². The molecule has 1 aromatic heterocycles. The highest BCUT2D eigenvalue weighted by molar-refractivity contribution is 7.17. The van der Waals surface area contributed by atoms with Crippen LogP contribution in [-0.2, 0) is 6.42 Å². The molecular weight excluding hydrogens is 274 g/mol. The van der Waals surface area contributed by atoms with Gasteiger partial charge in [-0.2, -0.15) is 0 Å². The van der Waals surface area contributed by atoms with Crippen molar-refractivity contribution in [2.45, 2.75) is 26.3 Å². The average Bonchev–Trinajstić information content (AvgIpc) is 2.90. The lowest BCUT2D eigenvalue weighted by molar-refractivity contribution is 0.646. The van der Waals surface area contributed by atoms with Gasteiger partial charge in [-0.3, -0.25) is 0 Å². The molecule has 1 unspecified atom stereocenters. The van der Waals surface area contributed by atoms with E-state index in [1.54, 1.807) is 11.3 Å². The second-order valence-electron chi connectivity index (χ2n) is 6.01. The summed E-state index contributed by atoms with van der Waals surface area (Å²) in [5.74, 6) is 0.665. The largest absolute Gasteiger partial charge is 0.320 e. The van der Waals surface area contributed by atoms with Gasteiger partial charge in [0, 0.05) is 4.70 Å². The lowest BCUT2D eigenvalue weighted by atomic mass is 9.95. The summed E-state index contributed by atoms with van der Waals surface area (Å²) in [7, 11) is 0. The van der Waals surface area contributed by atoms with E-state index in [0.717, 1.165) is 6.42 Å². The molecule has 0 aliphatic carbocycles. The van der Waals surface area contributed by atoms with Gasteiger partial charge in [0.2, 0.25) is 0 Å². The first-order valence-corrected chi connectivity index (χ1v) is 8.33. The smallest absolute Gasteiger partial charge is 0.0566 e. The Bertz CT molecular complexity index is 742. The van der Waals surface area contributed by atoms with Crippen molar-refractivity contribution in [2.75, 3.05) is 0 Å². The van der Waals surface area contributed by atoms with E-state index in [-0.39, 0.29) is 6.04 Å². The fraction of sp³-hybridized carbons (Fsp3) is 0.263. The Hall–Kier alpha value is -1.64. The minimum Gasteiger partial charge on any atom is -0.320 e. The van der Waals surface area contributed by atoms with E-state index in [1.807, 2.05) is 0 Å². The minimum atomic E-state index is -0.0479. The van der Waals surface area contributed by atoms with Gasteiger partial charge in [-0.25, -0.2) is 0 Å². The van der Waals surface area contributed by atoms with Crippen molar-refractivity contribution < 1.29 is 0 Å². The normalized spacial score (nSPS) is 13.0. The zero-order valence-corrected chi connectivity index (χ0v) is 13.4. The predicted octanol–water partition coefficient (Wildman–Crippen LogP) is 5.15. The van der Waals surface area contributed by atoms with Crippen LogP contribution in [0.5, 0.6) is 0 Å². The third-order valence-corrected chi connectivity index (χ3v) is 4.78. The van der Waals surface area contributed by atoms with E-state index < -0.39 is 0 Å². The highest BCUT2D eigenvalue weighted by Gasteiger charge is 2.14. The Morgan fingerprint density at radius 1 is 1.05 bits per heavy atom. The van der Waals surface area contributed by atoms with Crippen LogP contribution in [0.1, 0.15) is 36.6 Å². The summed E-state index contributed by atoms with van der Waals surface area (Å²) >= 11 is 1.77. The van der Waals surface area contributed by atoms with Crippen LogP contribution < -0.4 is 5.73 Å². The maximum absolute atomic E-state index is 6.53. The SMILES string of the molecule is CC(C)Cc1cccc(C(N)c2csc3ccccc23)c1. The average molecular weight is 295 g/mol. The van der Waals surface area contributed by atoms with Crippen LogP contribution in [0.25, 0.3) is 10.1 Å². The summed E-state index contributed by atoms with van der Waals surface area (Å²) in [6.45, 7) is 4.50. The third kappa shape index (κ3) is 3.02. The topological polar surface area (TPSA) is 26.0 Å². The van der Waals surface area contributed by atoms with Crippen molar-refractivity contribution in [1.82, 2.24) is 0 Å². The second-order valence-corrected chi connectivity index (χ2v) is 6.92.